The topological polar surface area (TPSA) is 37.3 Å². The van der Waals surface area contributed by atoms with Gasteiger partial charge in [0.1, 0.15) is 5.92 Å². The fraction of sp³-hybridized carbons (Fsp3) is 0.100. The Hall–Kier alpha value is -3.91. The van der Waals surface area contributed by atoms with E-state index in [2.05, 4.69) is 72.8 Å². The quantitative estimate of drug-likeness (QED) is 0.375. The molecule has 156 valence electrons. The van der Waals surface area contributed by atoms with Crippen LogP contribution in [0.3, 0.4) is 0 Å². The third-order valence-corrected chi connectivity index (χ3v) is 6.30. The highest BCUT2D eigenvalue weighted by atomic mass is 16.4. The number of aliphatic carboxylic acids is 1. The SMILES string of the molecule is O=C(O)C(C1=Cc2ccccc2C(c2cccc(-c3ccccc3)c2)C1)c1ccccc1. The molecule has 0 amide bonds. The summed E-state index contributed by atoms with van der Waals surface area (Å²) in [5.74, 6) is -1.34. The number of carboxylic acid groups (broad SMARTS) is 1. The maximum Gasteiger partial charge on any atom is 0.315 e. The molecule has 2 heteroatoms. The summed E-state index contributed by atoms with van der Waals surface area (Å²) in [5, 5.41) is 10.1. The molecule has 0 bridgehead atoms. The highest BCUT2D eigenvalue weighted by molar-refractivity contribution is 5.83. The van der Waals surface area contributed by atoms with Crippen LogP contribution in [0.2, 0.25) is 0 Å². The van der Waals surface area contributed by atoms with Crippen LogP contribution in [0.1, 0.15) is 40.5 Å². The molecule has 0 spiro atoms. The monoisotopic (exact) mass is 416 g/mol. The second-order valence-electron chi connectivity index (χ2n) is 8.28. The highest BCUT2D eigenvalue weighted by Gasteiger charge is 2.31. The molecule has 4 aromatic rings. The molecule has 0 aromatic heterocycles. The minimum atomic E-state index is -0.807. The van der Waals surface area contributed by atoms with Crippen molar-refractivity contribution in [3.8, 4) is 11.1 Å². The normalized spacial score (nSPS) is 16.0. The molecule has 0 heterocycles. The van der Waals surface area contributed by atoms with Crippen LogP contribution in [0.25, 0.3) is 17.2 Å². The maximum absolute atomic E-state index is 12.4. The van der Waals surface area contributed by atoms with E-state index in [1.54, 1.807) is 0 Å². The van der Waals surface area contributed by atoms with Crippen molar-refractivity contribution >= 4 is 12.0 Å². The number of hydrogen-bond acceptors (Lipinski definition) is 1. The van der Waals surface area contributed by atoms with Crippen molar-refractivity contribution in [2.75, 3.05) is 0 Å². The van der Waals surface area contributed by atoms with Crippen molar-refractivity contribution < 1.29 is 9.90 Å². The first-order valence-electron chi connectivity index (χ1n) is 10.9. The average molecular weight is 417 g/mol. The lowest BCUT2D eigenvalue weighted by atomic mass is 9.74. The largest absolute Gasteiger partial charge is 0.481 e. The van der Waals surface area contributed by atoms with Crippen molar-refractivity contribution in [3.05, 3.63) is 137 Å². The fourth-order valence-electron chi connectivity index (χ4n) is 4.79. The van der Waals surface area contributed by atoms with E-state index in [0.29, 0.717) is 6.42 Å². The van der Waals surface area contributed by atoms with E-state index in [0.717, 1.165) is 16.7 Å². The zero-order valence-corrected chi connectivity index (χ0v) is 17.7. The molecule has 1 aliphatic carbocycles. The first-order valence-corrected chi connectivity index (χ1v) is 10.9. The van der Waals surface area contributed by atoms with E-state index in [1.165, 1.54) is 22.3 Å². The summed E-state index contributed by atoms with van der Waals surface area (Å²) in [6, 6.07) is 36.9. The molecule has 2 unspecified atom stereocenters. The Bertz CT molecular complexity index is 1270. The van der Waals surface area contributed by atoms with Gasteiger partial charge < -0.3 is 5.11 Å². The minimum absolute atomic E-state index is 0.112. The molecule has 1 N–H and O–H groups in total. The summed E-state index contributed by atoms with van der Waals surface area (Å²) in [5.41, 5.74) is 7.68. The molecule has 4 aromatic carbocycles. The van der Waals surface area contributed by atoms with Crippen LogP contribution < -0.4 is 0 Å². The number of fused-ring (bicyclic) bond motifs is 1. The predicted octanol–water partition coefficient (Wildman–Crippen LogP) is 7.14. The molecule has 0 saturated carbocycles. The first kappa shape index (κ1) is 20.0. The van der Waals surface area contributed by atoms with Gasteiger partial charge in [0.2, 0.25) is 0 Å². The molecular weight excluding hydrogens is 392 g/mol. The minimum Gasteiger partial charge on any atom is -0.481 e. The highest BCUT2D eigenvalue weighted by Crippen LogP contribution is 2.43. The Kier molecular flexibility index (Phi) is 5.43. The van der Waals surface area contributed by atoms with Gasteiger partial charge in [0.15, 0.2) is 0 Å². The second kappa shape index (κ2) is 8.68. The molecule has 0 fully saturated rings. The molecule has 5 rings (SSSR count). The second-order valence-corrected chi connectivity index (χ2v) is 8.28. The number of hydrogen-bond donors (Lipinski definition) is 1. The van der Waals surface area contributed by atoms with Gasteiger partial charge in [0.25, 0.3) is 0 Å². The van der Waals surface area contributed by atoms with Gasteiger partial charge in [0.05, 0.1) is 0 Å². The predicted molar refractivity (Wildman–Crippen MR) is 130 cm³/mol. The van der Waals surface area contributed by atoms with E-state index in [4.69, 9.17) is 0 Å². The first-order chi connectivity index (χ1) is 15.7. The van der Waals surface area contributed by atoms with Crippen LogP contribution in [-0.4, -0.2) is 11.1 Å². The lowest BCUT2D eigenvalue weighted by molar-refractivity contribution is -0.137. The third kappa shape index (κ3) is 3.88. The van der Waals surface area contributed by atoms with Gasteiger partial charge in [-0.25, -0.2) is 0 Å². The number of carbonyl (C=O) groups is 1. The summed E-state index contributed by atoms with van der Waals surface area (Å²) < 4.78 is 0. The lowest BCUT2D eigenvalue weighted by Crippen LogP contribution is -2.19. The van der Waals surface area contributed by atoms with E-state index in [9.17, 15) is 9.90 Å². The summed E-state index contributed by atoms with van der Waals surface area (Å²) in [6.07, 6.45) is 2.76. The van der Waals surface area contributed by atoms with Crippen molar-refractivity contribution in [2.45, 2.75) is 18.3 Å². The van der Waals surface area contributed by atoms with Gasteiger partial charge >= 0.3 is 5.97 Å². The van der Waals surface area contributed by atoms with Gasteiger partial charge in [-0.3, -0.25) is 4.79 Å². The van der Waals surface area contributed by atoms with E-state index >= 15 is 0 Å². The zero-order valence-electron chi connectivity index (χ0n) is 17.7. The molecule has 0 radical (unpaired) electrons. The number of benzene rings is 4. The molecule has 2 atom stereocenters. The summed E-state index contributed by atoms with van der Waals surface area (Å²) in [6.45, 7) is 0. The molecule has 2 nitrogen and oxygen atoms in total. The van der Waals surface area contributed by atoms with Crippen LogP contribution in [0.15, 0.2) is 115 Å². The molecule has 1 aliphatic rings. The lowest BCUT2D eigenvalue weighted by Gasteiger charge is -2.29. The van der Waals surface area contributed by atoms with Crippen LogP contribution in [0.4, 0.5) is 0 Å². The van der Waals surface area contributed by atoms with E-state index in [-0.39, 0.29) is 5.92 Å². The standard InChI is InChI=1S/C30H24O2/c31-30(32)29(22-12-5-2-6-13-22)26-19-24-14-7-8-17-27(24)28(20-26)25-16-9-15-23(18-25)21-10-3-1-4-11-21/h1-19,28-29H,20H2,(H,31,32). The van der Waals surface area contributed by atoms with Crippen LogP contribution in [0.5, 0.6) is 0 Å². The number of carboxylic acids is 1. The average Bonchev–Trinajstić information content (AvgIpc) is 2.85. The zero-order chi connectivity index (χ0) is 21.9. The smallest absolute Gasteiger partial charge is 0.315 e. The van der Waals surface area contributed by atoms with Crippen molar-refractivity contribution in [1.29, 1.82) is 0 Å². The Morgan fingerprint density at radius 2 is 1.41 bits per heavy atom. The summed E-state index contributed by atoms with van der Waals surface area (Å²) >= 11 is 0. The van der Waals surface area contributed by atoms with E-state index < -0.39 is 11.9 Å². The summed E-state index contributed by atoms with van der Waals surface area (Å²) in [4.78, 5) is 12.4. The third-order valence-electron chi connectivity index (χ3n) is 6.30. The van der Waals surface area contributed by atoms with Crippen molar-refractivity contribution in [3.63, 3.8) is 0 Å². The van der Waals surface area contributed by atoms with Gasteiger partial charge in [-0.15, -0.1) is 0 Å². The van der Waals surface area contributed by atoms with Crippen LogP contribution >= 0.6 is 0 Å². The molecule has 32 heavy (non-hydrogen) atoms. The molecular formula is C30H24O2. The Labute approximate surface area is 188 Å². The molecule has 0 saturated heterocycles. The van der Waals surface area contributed by atoms with E-state index in [1.807, 2.05) is 42.5 Å². The Morgan fingerprint density at radius 1 is 0.750 bits per heavy atom. The molecule has 0 aliphatic heterocycles. The number of rotatable bonds is 5. The Balaban J connectivity index is 1.59. The van der Waals surface area contributed by atoms with Crippen molar-refractivity contribution in [2.24, 2.45) is 0 Å². The van der Waals surface area contributed by atoms with Gasteiger partial charge in [-0.05, 0) is 39.8 Å². The Morgan fingerprint density at radius 3 is 2.16 bits per heavy atom. The van der Waals surface area contributed by atoms with Crippen molar-refractivity contribution in [1.82, 2.24) is 0 Å². The van der Waals surface area contributed by atoms with Gasteiger partial charge in [-0.1, -0.05) is 121 Å². The summed E-state index contributed by atoms with van der Waals surface area (Å²) in [7, 11) is 0. The maximum atomic E-state index is 12.4. The van der Waals surface area contributed by atoms with Gasteiger partial charge in [0, 0.05) is 5.92 Å². The van der Waals surface area contributed by atoms with Gasteiger partial charge in [-0.2, -0.15) is 0 Å². The fourth-order valence-corrected chi connectivity index (χ4v) is 4.79. The van der Waals surface area contributed by atoms with Crippen LogP contribution in [-0.2, 0) is 4.79 Å². The van der Waals surface area contributed by atoms with Crippen LogP contribution in [0, 0.1) is 0 Å².